The molecule has 0 aromatic heterocycles. The molecule has 0 radical (unpaired) electrons. The number of fused-ring (bicyclic) bond motifs is 2. The summed E-state index contributed by atoms with van der Waals surface area (Å²) in [5, 5.41) is 3.83. The smallest absolute Gasteiger partial charge is 0.0829 e. The van der Waals surface area contributed by atoms with Gasteiger partial charge < -0.3 is 11.1 Å². The summed E-state index contributed by atoms with van der Waals surface area (Å²) in [5.74, 6) is 3.64. The summed E-state index contributed by atoms with van der Waals surface area (Å²) in [4.78, 5) is 12.7. The fourth-order valence-corrected chi connectivity index (χ4v) is 15.1. The molecule has 4 aromatic rings. The summed E-state index contributed by atoms with van der Waals surface area (Å²) in [6.45, 7) is 13.1. The van der Waals surface area contributed by atoms with E-state index in [1.807, 2.05) is 0 Å². The summed E-state index contributed by atoms with van der Waals surface area (Å²) in [6, 6.07) is 46.9. The second-order valence-corrected chi connectivity index (χ2v) is 20.7. The molecule has 62 heavy (non-hydrogen) atoms. The molecule has 0 saturated carbocycles. The third-order valence-electron chi connectivity index (χ3n) is 17.3. The Balaban J connectivity index is 1.13. The van der Waals surface area contributed by atoms with Crippen LogP contribution in [0.1, 0.15) is 87.5 Å². The van der Waals surface area contributed by atoms with Gasteiger partial charge in [-0.1, -0.05) is 148 Å². The van der Waals surface area contributed by atoms with Crippen LogP contribution in [0.2, 0.25) is 0 Å². The first-order valence-corrected chi connectivity index (χ1v) is 25.2. The van der Waals surface area contributed by atoms with Gasteiger partial charge in [0.15, 0.2) is 0 Å². The lowest BCUT2D eigenvalue weighted by Crippen LogP contribution is -2.85. The van der Waals surface area contributed by atoms with Gasteiger partial charge in [-0.15, -0.1) is 0 Å². The topological polar surface area (TPSA) is 51.0 Å². The summed E-state index contributed by atoms with van der Waals surface area (Å²) < 4.78 is 0. The standard InChI is InChI=1S/C56H76N6/c1-3-17-52-46(33-42-19-9-5-10-20-42)38-59-40-48(35-44-23-13-7-14-24-44)55(52,59)61-32-29-50(57)37-54(61)62(51-27-30-58-31-28-51)56-49(36-45-25-15-8-16-26-45)41-60(56)39-47(53(56)18-4-2)34-43-21-11-6-12-22-43/h5-16,19-26,46-54,58H,3-4,17-18,27-41,57H2,1-2H3/i57+1,62+1. The van der Waals surface area contributed by atoms with Crippen molar-refractivity contribution in [3.63, 3.8) is 0 Å². The first-order valence-electron chi connectivity index (χ1n) is 25.2. The van der Waals surface area contributed by atoms with E-state index in [1.165, 1.54) is 99.8 Å². The molecule has 10 unspecified atom stereocenters. The molecule has 0 spiro atoms. The highest BCUT2D eigenvalue weighted by atomic mass is 16.0. The molecule has 6 fully saturated rings. The van der Waals surface area contributed by atoms with Crippen molar-refractivity contribution in [3.05, 3.63) is 144 Å². The Bertz CT molecular complexity index is 2010. The lowest BCUT2D eigenvalue weighted by atomic mass is 9.66. The van der Waals surface area contributed by atoms with Crippen molar-refractivity contribution in [2.75, 3.05) is 45.8 Å². The van der Waals surface area contributed by atoms with Gasteiger partial charge in [-0.3, -0.25) is 19.6 Å². The van der Waals surface area contributed by atoms with E-state index in [0.29, 0.717) is 47.7 Å². The lowest BCUT2D eigenvalue weighted by Gasteiger charge is -2.72. The van der Waals surface area contributed by atoms with E-state index < -0.39 is 0 Å². The van der Waals surface area contributed by atoms with Crippen molar-refractivity contribution in [3.8, 4) is 0 Å². The van der Waals surface area contributed by atoms with Gasteiger partial charge in [-0.25, -0.2) is 0 Å². The van der Waals surface area contributed by atoms with E-state index in [2.05, 4.69) is 160 Å². The maximum Gasteiger partial charge on any atom is 0.0829 e. The molecule has 0 amide bonds. The highest BCUT2D eigenvalue weighted by molar-refractivity contribution is 5.28. The normalized spacial score (nSPS) is 34.1. The largest absolute Gasteiger partial charge is 0.328 e. The Morgan fingerprint density at radius 2 is 1.06 bits per heavy atom. The zero-order chi connectivity index (χ0) is 42.1. The zero-order valence-electron chi connectivity index (χ0n) is 38.0. The molecule has 4 aromatic carbocycles. The van der Waals surface area contributed by atoms with Crippen molar-refractivity contribution < 1.29 is 0 Å². The van der Waals surface area contributed by atoms with Gasteiger partial charge in [0.05, 0.1) is 17.5 Å². The van der Waals surface area contributed by atoms with Crippen LogP contribution in [0.15, 0.2) is 121 Å². The molecule has 330 valence electrons. The van der Waals surface area contributed by atoms with E-state index in [-0.39, 0.29) is 17.4 Å². The molecule has 0 aliphatic carbocycles. The van der Waals surface area contributed by atoms with Crippen LogP contribution in [-0.4, -0.2) is 95.0 Å². The minimum Gasteiger partial charge on any atom is -0.328 e. The summed E-state index contributed by atoms with van der Waals surface area (Å²) in [7, 11) is 0. The Morgan fingerprint density at radius 3 is 1.63 bits per heavy atom. The van der Waals surface area contributed by atoms with Crippen LogP contribution in [0.25, 0.3) is 0 Å². The molecule has 6 nitrogen and oxygen atoms in total. The fourth-order valence-electron chi connectivity index (χ4n) is 15.1. The molecule has 3 N–H and O–H groups in total. The molecule has 6 aliphatic heterocycles. The van der Waals surface area contributed by atoms with Crippen LogP contribution >= 0.6 is 0 Å². The number of benzene rings is 4. The quantitative estimate of drug-likeness (QED) is 0.110. The average Bonchev–Trinajstić information content (AvgIpc) is 3.67. The van der Waals surface area contributed by atoms with E-state index >= 15 is 0 Å². The predicted molar refractivity (Wildman–Crippen MR) is 255 cm³/mol. The van der Waals surface area contributed by atoms with E-state index in [0.717, 1.165) is 45.3 Å². The number of nitrogens with zero attached hydrogens (tertiary/aromatic N) is 4. The Morgan fingerprint density at radius 1 is 0.581 bits per heavy atom. The van der Waals surface area contributed by atoms with Gasteiger partial charge in [0, 0.05) is 56.6 Å². The molecule has 10 atom stereocenters. The van der Waals surface area contributed by atoms with Crippen LogP contribution in [0.5, 0.6) is 0 Å². The SMILES string of the molecule is CCCC1C(Cc2ccccc2)CN2CC(Cc3ccccc3)C12N1CCC([15NH2])CC1[15N](C1CCNCC1)C12C(Cc3ccccc3)CN1CC(Cc1ccccc1)C2CCC. The van der Waals surface area contributed by atoms with Gasteiger partial charge in [0.1, 0.15) is 0 Å². The monoisotopic (exact) mass is 835 g/mol. The van der Waals surface area contributed by atoms with Crippen molar-refractivity contribution >= 4 is 0 Å². The molecule has 10 rings (SSSR count). The van der Waals surface area contributed by atoms with E-state index in [4.69, 9.17) is 5.73 Å². The molecule has 0 bridgehead atoms. The van der Waals surface area contributed by atoms with E-state index in [1.54, 1.807) is 0 Å². The van der Waals surface area contributed by atoms with Crippen LogP contribution in [0, 0.1) is 35.5 Å². The van der Waals surface area contributed by atoms with Crippen molar-refractivity contribution in [2.45, 2.75) is 120 Å². The fraction of sp³-hybridized carbons (Fsp3) is 0.571. The van der Waals surface area contributed by atoms with Crippen molar-refractivity contribution in [1.82, 2.24) is 24.9 Å². The second-order valence-electron chi connectivity index (χ2n) is 20.7. The number of hydrogen-bond acceptors (Lipinski definition) is 6. The van der Waals surface area contributed by atoms with Crippen LogP contribution in [0.3, 0.4) is 0 Å². The zero-order valence-corrected chi connectivity index (χ0v) is 38.0. The van der Waals surface area contributed by atoms with Crippen LogP contribution < -0.4 is 11.1 Å². The highest BCUT2D eigenvalue weighted by Crippen LogP contribution is 2.62. The predicted octanol–water partition coefficient (Wildman–Crippen LogP) is 9.11. The average molecular weight is 835 g/mol. The van der Waals surface area contributed by atoms with Gasteiger partial charge in [0.25, 0.3) is 0 Å². The first kappa shape index (κ1) is 42.6. The van der Waals surface area contributed by atoms with Crippen molar-refractivity contribution in [2.24, 2.45) is 41.2 Å². The summed E-state index contributed by atoms with van der Waals surface area (Å²) >= 11 is 0. The maximum absolute atomic E-state index is 7.41. The minimum absolute atomic E-state index is 0.00424. The molecule has 6 saturated heterocycles. The van der Waals surface area contributed by atoms with Gasteiger partial charge in [-0.05, 0) is 123 Å². The van der Waals surface area contributed by atoms with Crippen LogP contribution in [0.4, 0.5) is 0 Å². The number of rotatable bonds is 16. The van der Waals surface area contributed by atoms with E-state index in [9.17, 15) is 0 Å². The maximum atomic E-state index is 7.41. The number of nitrogens with two attached hydrogens (primary N) is 1. The molecular weight excluding hydrogens is 759 g/mol. The third kappa shape index (κ3) is 7.63. The van der Waals surface area contributed by atoms with Crippen LogP contribution in [-0.2, 0) is 25.7 Å². The van der Waals surface area contributed by atoms with Crippen molar-refractivity contribution in [1.29, 1.82) is 0 Å². The number of likely N-dealkylation sites (tertiary alicyclic amines) is 1. The Labute approximate surface area is 374 Å². The molecule has 6 aliphatic rings. The number of hydrogen-bond donors (Lipinski definition) is 2. The lowest BCUT2D eigenvalue weighted by molar-refractivity contribution is -0.285. The minimum atomic E-state index is -0.00424. The third-order valence-corrected chi connectivity index (χ3v) is 17.3. The first-order chi connectivity index (χ1) is 30.5. The molecular formula is C56H76N6. The van der Waals surface area contributed by atoms with Gasteiger partial charge >= 0.3 is 0 Å². The summed E-state index contributed by atoms with van der Waals surface area (Å²) in [6.07, 6.45) is 14.6. The molecule has 6 heterocycles. The summed E-state index contributed by atoms with van der Waals surface area (Å²) in [5.41, 5.74) is 13.5. The Hall–Kier alpha value is -3.36. The van der Waals surface area contributed by atoms with Gasteiger partial charge in [-0.2, -0.15) is 0 Å². The second kappa shape index (κ2) is 18.6. The number of nitrogens with one attached hydrogen (secondary N) is 1. The number of piperidine rings is 2. The Kier molecular flexibility index (Phi) is 12.8. The molecule has 6 heteroatoms. The highest BCUT2D eigenvalue weighted by Gasteiger charge is 2.72. The van der Waals surface area contributed by atoms with Gasteiger partial charge in [0.2, 0.25) is 0 Å².